The van der Waals surface area contributed by atoms with Crippen LogP contribution in [0.1, 0.15) is 24.5 Å². The summed E-state index contributed by atoms with van der Waals surface area (Å²) in [6, 6.07) is 11.3. The summed E-state index contributed by atoms with van der Waals surface area (Å²) in [6.45, 7) is 1.53. The van der Waals surface area contributed by atoms with Gasteiger partial charge in [0.2, 0.25) is 0 Å². The van der Waals surface area contributed by atoms with Crippen molar-refractivity contribution in [1.82, 2.24) is 9.97 Å². The zero-order valence-electron chi connectivity index (χ0n) is 15.9. The van der Waals surface area contributed by atoms with Gasteiger partial charge in [-0.25, -0.2) is 4.79 Å². The Balaban J connectivity index is 1.29. The third-order valence-corrected chi connectivity index (χ3v) is 5.85. The number of hydrogen-bond donors (Lipinski definition) is 3. The molecule has 0 unspecified atom stereocenters. The fourth-order valence-electron chi connectivity index (χ4n) is 3.42. The van der Waals surface area contributed by atoms with Crippen LogP contribution >= 0.6 is 11.8 Å². The van der Waals surface area contributed by atoms with Crippen molar-refractivity contribution in [3.8, 4) is 0 Å². The largest absolute Gasteiger partial charge is 0.452 e. The second kappa shape index (κ2) is 8.16. The Morgan fingerprint density at radius 3 is 2.76 bits per heavy atom. The molecule has 7 nitrogen and oxygen atoms in total. The first-order valence-corrected chi connectivity index (χ1v) is 10.4. The minimum Gasteiger partial charge on any atom is -0.452 e. The normalized spacial score (nSPS) is 13.8. The SMILES string of the molecule is C[C@@H](OC(=O)CSc1ccc2c(c1)CCC2)C(=O)Nc1ccc2[nH]c(=O)[nH]c2c1. The molecule has 0 saturated carbocycles. The topological polar surface area (TPSA) is 104 Å². The lowest BCUT2D eigenvalue weighted by molar-refractivity contribution is -0.150. The third-order valence-electron chi connectivity index (χ3n) is 4.89. The number of aromatic nitrogens is 2. The summed E-state index contributed by atoms with van der Waals surface area (Å²) in [7, 11) is 0. The van der Waals surface area contributed by atoms with E-state index in [2.05, 4.69) is 27.4 Å². The second-order valence-corrected chi connectivity index (χ2v) is 8.08. The summed E-state index contributed by atoms with van der Waals surface area (Å²) in [4.78, 5) is 42.1. The molecule has 2 aromatic carbocycles. The van der Waals surface area contributed by atoms with Crippen LogP contribution in [0.5, 0.6) is 0 Å². The van der Waals surface area contributed by atoms with Gasteiger partial charge >= 0.3 is 11.7 Å². The maximum absolute atomic E-state index is 12.3. The Kier molecular flexibility index (Phi) is 5.44. The van der Waals surface area contributed by atoms with Crippen LogP contribution in [0.3, 0.4) is 0 Å². The van der Waals surface area contributed by atoms with E-state index in [1.54, 1.807) is 18.2 Å². The monoisotopic (exact) mass is 411 g/mol. The highest BCUT2D eigenvalue weighted by Gasteiger charge is 2.19. The summed E-state index contributed by atoms with van der Waals surface area (Å²) in [5.41, 5.74) is 4.18. The molecule has 4 rings (SSSR count). The molecule has 1 atom stereocenters. The smallest absolute Gasteiger partial charge is 0.323 e. The molecule has 0 fully saturated rings. The minimum atomic E-state index is -0.927. The molecule has 29 heavy (non-hydrogen) atoms. The van der Waals surface area contributed by atoms with Crippen molar-refractivity contribution in [3.05, 3.63) is 58.0 Å². The van der Waals surface area contributed by atoms with Gasteiger partial charge in [-0.05, 0) is 67.6 Å². The van der Waals surface area contributed by atoms with E-state index in [0.29, 0.717) is 16.7 Å². The standard InChI is InChI=1S/C21H21N3O4S/c1-12(20(26)22-15-6-8-17-18(10-15)24-21(27)23-17)28-19(25)11-29-16-7-5-13-3-2-4-14(13)9-16/h5-10,12H,2-4,11H2,1H3,(H,22,26)(H2,23,24,27)/t12-/m1/s1. The summed E-state index contributed by atoms with van der Waals surface area (Å²) < 4.78 is 5.25. The molecule has 3 aromatic rings. The van der Waals surface area contributed by atoms with Gasteiger partial charge in [-0.15, -0.1) is 11.8 Å². The maximum Gasteiger partial charge on any atom is 0.323 e. The van der Waals surface area contributed by atoms with Crippen molar-refractivity contribution < 1.29 is 14.3 Å². The molecule has 0 saturated heterocycles. The molecule has 8 heteroatoms. The number of H-pyrrole nitrogens is 2. The number of carbonyl (C=O) groups excluding carboxylic acids is 2. The molecular weight excluding hydrogens is 390 g/mol. The molecule has 0 aliphatic heterocycles. The van der Waals surface area contributed by atoms with Crippen molar-refractivity contribution in [2.24, 2.45) is 0 Å². The van der Waals surface area contributed by atoms with Crippen molar-refractivity contribution in [2.45, 2.75) is 37.2 Å². The van der Waals surface area contributed by atoms with Crippen LogP contribution in [-0.2, 0) is 27.2 Å². The van der Waals surface area contributed by atoms with E-state index in [1.807, 2.05) is 6.07 Å². The molecule has 3 N–H and O–H groups in total. The molecule has 0 spiro atoms. The average Bonchev–Trinajstić information content (AvgIpc) is 3.30. The highest BCUT2D eigenvalue weighted by molar-refractivity contribution is 8.00. The number of thioether (sulfide) groups is 1. The molecule has 0 bridgehead atoms. The van der Waals surface area contributed by atoms with Gasteiger partial charge in [0.15, 0.2) is 6.10 Å². The highest BCUT2D eigenvalue weighted by Crippen LogP contribution is 2.27. The Hall–Kier alpha value is -3.00. The molecular formula is C21H21N3O4S. The summed E-state index contributed by atoms with van der Waals surface area (Å²) in [5, 5.41) is 2.69. The Morgan fingerprint density at radius 2 is 1.90 bits per heavy atom. The molecule has 1 aromatic heterocycles. The summed E-state index contributed by atoms with van der Waals surface area (Å²) in [6.07, 6.45) is 2.48. The Bertz CT molecular complexity index is 1130. The molecule has 0 radical (unpaired) electrons. The predicted octanol–water partition coefficient (Wildman–Crippen LogP) is 3.01. The Labute approximate surface area is 171 Å². The predicted molar refractivity (Wildman–Crippen MR) is 112 cm³/mol. The van der Waals surface area contributed by atoms with E-state index >= 15 is 0 Å². The Morgan fingerprint density at radius 1 is 1.10 bits per heavy atom. The number of aryl methyl sites for hydroxylation is 2. The van der Waals surface area contributed by atoms with Crippen molar-refractivity contribution >= 4 is 40.4 Å². The van der Waals surface area contributed by atoms with Gasteiger partial charge in [-0.1, -0.05) is 6.07 Å². The average molecular weight is 411 g/mol. The number of rotatable bonds is 6. The fraction of sp³-hybridized carbons (Fsp3) is 0.286. The number of ether oxygens (including phenoxy) is 1. The van der Waals surface area contributed by atoms with Crippen LogP contribution < -0.4 is 11.0 Å². The van der Waals surface area contributed by atoms with Crippen LogP contribution in [0.25, 0.3) is 11.0 Å². The molecule has 1 heterocycles. The fourth-order valence-corrected chi connectivity index (χ4v) is 4.16. The van der Waals surface area contributed by atoms with E-state index < -0.39 is 18.0 Å². The van der Waals surface area contributed by atoms with Crippen LogP contribution in [0.4, 0.5) is 5.69 Å². The number of carbonyl (C=O) groups is 2. The van der Waals surface area contributed by atoms with Gasteiger partial charge in [0.25, 0.3) is 5.91 Å². The zero-order valence-corrected chi connectivity index (χ0v) is 16.7. The highest BCUT2D eigenvalue weighted by atomic mass is 32.2. The van der Waals surface area contributed by atoms with E-state index in [0.717, 1.165) is 17.7 Å². The van der Waals surface area contributed by atoms with Crippen LogP contribution in [0.2, 0.25) is 0 Å². The van der Waals surface area contributed by atoms with Gasteiger partial charge in [-0.2, -0.15) is 0 Å². The van der Waals surface area contributed by atoms with Gasteiger partial charge < -0.3 is 20.0 Å². The quantitative estimate of drug-likeness (QED) is 0.427. The van der Waals surface area contributed by atoms with Crippen molar-refractivity contribution in [2.75, 3.05) is 11.1 Å². The summed E-state index contributed by atoms with van der Waals surface area (Å²) >= 11 is 1.41. The number of amides is 1. The maximum atomic E-state index is 12.3. The van der Waals surface area contributed by atoms with Gasteiger partial charge in [0, 0.05) is 10.6 Å². The molecule has 150 valence electrons. The van der Waals surface area contributed by atoms with Crippen LogP contribution in [-0.4, -0.2) is 33.7 Å². The first-order valence-electron chi connectivity index (χ1n) is 9.45. The lowest BCUT2D eigenvalue weighted by Gasteiger charge is -2.13. The van der Waals surface area contributed by atoms with Crippen molar-refractivity contribution in [1.29, 1.82) is 0 Å². The van der Waals surface area contributed by atoms with Gasteiger partial charge in [0.05, 0.1) is 16.8 Å². The number of imidazole rings is 1. The first kappa shape index (κ1) is 19.3. The van der Waals surface area contributed by atoms with E-state index in [4.69, 9.17) is 4.74 Å². The zero-order chi connectivity index (χ0) is 20.4. The van der Waals surface area contributed by atoms with Crippen LogP contribution in [0, 0.1) is 0 Å². The van der Waals surface area contributed by atoms with E-state index in [-0.39, 0.29) is 11.4 Å². The van der Waals surface area contributed by atoms with Crippen molar-refractivity contribution in [3.63, 3.8) is 0 Å². The second-order valence-electron chi connectivity index (χ2n) is 7.03. The molecule has 1 amide bonds. The third kappa shape index (κ3) is 4.54. The number of benzene rings is 2. The number of esters is 1. The van der Waals surface area contributed by atoms with Gasteiger partial charge in [0.1, 0.15) is 0 Å². The lowest BCUT2D eigenvalue weighted by atomic mass is 10.1. The minimum absolute atomic E-state index is 0.146. The van der Waals surface area contributed by atoms with E-state index in [1.165, 1.54) is 36.2 Å². The van der Waals surface area contributed by atoms with Gasteiger partial charge in [-0.3, -0.25) is 9.59 Å². The number of aromatic amines is 2. The number of anilines is 1. The molecule has 1 aliphatic carbocycles. The molecule has 1 aliphatic rings. The number of hydrogen-bond acceptors (Lipinski definition) is 5. The first-order chi connectivity index (χ1) is 14.0. The summed E-state index contributed by atoms with van der Waals surface area (Å²) in [5.74, 6) is -0.728. The number of fused-ring (bicyclic) bond motifs is 2. The van der Waals surface area contributed by atoms with Crippen LogP contribution in [0.15, 0.2) is 46.1 Å². The van der Waals surface area contributed by atoms with E-state index in [9.17, 15) is 14.4 Å². The lowest BCUT2D eigenvalue weighted by Crippen LogP contribution is -2.30. The number of nitrogens with one attached hydrogen (secondary N) is 3.